The molecule has 4 heterocycles. The summed E-state index contributed by atoms with van der Waals surface area (Å²) in [5, 5.41) is 7.83. The molecule has 8 nitrogen and oxygen atoms in total. The van der Waals surface area contributed by atoms with Gasteiger partial charge >= 0.3 is 0 Å². The topological polar surface area (TPSA) is 110 Å². The van der Waals surface area contributed by atoms with Gasteiger partial charge in [-0.15, -0.1) is 11.3 Å². The minimum absolute atomic E-state index is 0.491. The normalized spacial score (nSPS) is 14.0. The molecule has 9 heteroatoms. The molecule has 1 saturated heterocycles. The minimum atomic E-state index is 0.491. The summed E-state index contributed by atoms with van der Waals surface area (Å²) >= 11 is 1.66. The van der Waals surface area contributed by atoms with Crippen LogP contribution in [-0.2, 0) is 22.7 Å². The zero-order chi connectivity index (χ0) is 22.6. The fourth-order valence-electron chi connectivity index (χ4n) is 3.83. The van der Waals surface area contributed by atoms with Crippen LogP contribution in [-0.4, -0.2) is 47.5 Å². The van der Waals surface area contributed by atoms with Crippen molar-refractivity contribution in [3.63, 3.8) is 0 Å². The molecule has 0 atom stereocenters. The summed E-state index contributed by atoms with van der Waals surface area (Å²) in [6.45, 7) is 3.88. The van der Waals surface area contributed by atoms with Gasteiger partial charge in [-0.25, -0.2) is 9.97 Å². The van der Waals surface area contributed by atoms with Crippen LogP contribution in [0.15, 0.2) is 48.8 Å². The number of hydrogen-bond acceptors (Lipinski definition) is 9. The van der Waals surface area contributed by atoms with E-state index in [1.807, 2.05) is 24.3 Å². The van der Waals surface area contributed by atoms with Crippen LogP contribution in [0.5, 0.6) is 0 Å². The van der Waals surface area contributed by atoms with Crippen molar-refractivity contribution in [3.8, 4) is 11.4 Å². The quantitative estimate of drug-likeness (QED) is 0.318. The molecular formula is C24H24N6O2S. The summed E-state index contributed by atoms with van der Waals surface area (Å²) in [5.41, 5.74) is 9.99. The lowest BCUT2D eigenvalue weighted by molar-refractivity contribution is 0.109. The number of ether oxygens (including phenoxy) is 2. The summed E-state index contributed by atoms with van der Waals surface area (Å²) in [4.78, 5) is 17.2. The SMILES string of the molecule is N=Cc1c(N)cccc1-c1nc(N2CCOCC2)c2sc(COCc3ccncc3)cc2n1. The Morgan fingerprint density at radius 2 is 1.94 bits per heavy atom. The van der Waals surface area contributed by atoms with Crippen LogP contribution in [0.4, 0.5) is 11.5 Å². The van der Waals surface area contributed by atoms with Gasteiger partial charge in [-0.3, -0.25) is 4.98 Å². The molecule has 33 heavy (non-hydrogen) atoms. The van der Waals surface area contributed by atoms with E-state index >= 15 is 0 Å². The van der Waals surface area contributed by atoms with Gasteiger partial charge < -0.3 is 25.5 Å². The predicted molar refractivity (Wildman–Crippen MR) is 131 cm³/mol. The van der Waals surface area contributed by atoms with Crippen molar-refractivity contribution in [1.82, 2.24) is 15.0 Å². The fourth-order valence-corrected chi connectivity index (χ4v) is 4.88. The zero-order valence-corrected chi connectivity index (χ0v) is 18.8. The first-order valence-electron chi connectivity index (χ1n) is 10.7. The third kappa shape index (κ3) is 4.56. The van der Waals surface area contributed by atoms with Gasteiger partial charge in [0.15, 0.2) is 11.6 Å². The molecule has 1 aliphatic heterocycles. The Morgan fingerprint density at radius 1 is 1.12 bits per heavy atom. The molecule has 1 fully saturated rings. The molecule has 0 saturated carbocycles. The zero-order valence-electron chi connectivity index (χ0n) is 18.0. The van der Waals surface area contributed by atoms with Crippen LogP contribution in [0.25, 0.3) is 21.6 Å². The van der Waals surface area contributed by atoms with Gasteiger partial charge in [0.2, 0.25) is 0 Å². The number of pyridine rings is 1. The van der Waals surface area contributed by atoms with Crippen molar-refractivity contribution in [3.05, 3.63) is 64.8 Å². The first kappa shape index (κ1) is 21.4. The number of nitrogens with two attached hydrogens (primary N) is 1. The van der Waals surface area contributed by atoms with Crippen molar-refractivity contribution in [2.75, 3.05) is 36.9 Å². The summed E-state index contributed by atoms with van der Waals surface area (Å²) in [6.07, 6.45) is 4.80. The molecular weight excluding hydrogens is 436 g/mol. The third-order valence-corrected chi connectivity index (χ3v) is 6.60. The number of aromatic nitrogens is 3. The molecule has 1 aromatic carbocycles. The van der Waals surface area contributed by atoms with E-state index in [2.05, 4.69) is 16.0 Å². The first-order valence-corrected chi connectivity index (χ1v) is 11.5. The number of rotatable bonds is 7. The monoisotopic (exact) mass is 460 g/mol. The smallest absolute Gasteiger partial charge is 0.162 e. The first-order chi connectivity index (χ1) is 16.2. The van der Waals surface area contributed by atoms with Gasteiger partial charge in [-0.1, -0.05) is 12.1 Å². The van der Waals surface area contributed by atoms with Crippen molar-refractivity contribution >= 4 is 39.3 Å². The highest BCUT2D eigenvalue weighted by atomic mass is 32.1. The van der Waals surface area contributed by atoms with E-state index < -0.39 is 0 Å². The molecule has 168 valence electrons. The average Bonchev–Trinajstić information content (AvgIpc) is 3.27. The highest BCUT2D eigenvalue weighted by molar-refractivity contribution is 7.19. The molecule has 0 bridgehead atoms. The fraction of sp³-hybridized carbons (Fsp3) is 0.250. The lowest BCUT2D eigenvalue weighted by Gasteiger charge is -2.28. The van der Waals surface area contributed by atoms with Gasteiger partial charge in [0.05, 0.1) is 36.6 Å². The van der Waals surface area contributed by atoms with Crippen LogP contribution in [0.3, 0.4) is 0 Å². The Labute approximate surface area is 195 Å². The van der Waals surface area contributed by atoms with Crippen LogP contribution in [0.2, 0.25) is 0 Å². The maximum atomic E-state index is 7.83. The Hall–Kier alpha value is -3.40. The number of fused-ring (bicyclic) bond motifs is 1. The second-order valence-corrected chi connectivity index (χ2v) is 8.84. The Kier molecular flexibility index (Phi) is 6.25. The van der Waals surface area contributed by atoms with Gasteiger partial charge in [-0.05, 0) is 29.8 Å². The average molecular weight is 461 g/mol. The molecule has 0 radical (unpaired) electrons. The number of nitrogens with zero attached hydrogens (tertiary/aromatic N) is 4. The van der Waals surface area contributed by atoms with Gasteiger partial charge in [-0.2, -0.15) is 0 Å². The van der Waals surface area contributed by atoms with Crippen LogP contribution < -0.4 is 10.6 Å². The number of anilines is 2. The summed E-state index contributed by atoms with van der Waals surface area (Å²) < 4.78 is 12.5. The Bertz CT molecular complexity index is 1270. The van der Waals surface area contributed by atoms with Crippen LogP contribution in [0, 0.1) is 5.41 Å². The van der Waals surface area contributed by atoms with Gasteiger partial charge in [0.1, 0.15) is 0 Å². The molecule has 0 aliphatic carbocycles. The van der Waals surface area contributed by atoms with E-state index in [0.29, 0.717) is 43.5 Å². The van der Waals surface area contributed by atoms with E-state index in [9.17, 15) is 0 Å². The standard InChI is InChI=1S/C24H24N6O2S/c25-13-19-18(2-1-3-20(19)26)23-28-21-12-17(15-32-14-16-4-6-27-7-5-16)33-22(21)24(29-23)30-8-10-31-11-9-30/h1-7,12-13,25H,8-11,14-15,26H2. The number of hydrogen-bond donors (Lipinski definition) is 2. The van der Waals surface area contributed by atoms with Crippen LogP contribution in [0.1, 0.15) is 16.0 Å². The molecule has 0 spiro atoms. The lowest BCUT2D eigenvalue weighted by atomic mass is 10.1. The molecule has 0 amide bonds. The molecule has 1 aliphatic rings. The molecule has 4 aromatic rings. The number of nitrogen functional groups attached to an aromatic ring is 1. The predicted octanol–water partition coefficient (Wildman–Crippen LogP) is 3.89. The van der Waals surface area contributed by atoms with Crippen molar-refractivity contribution in [2.45, 2.75) is 13.2 Å². The third-order valence-electron chi connectivity index (χ3n) is 5.50. The van der Waals surface area contributed by atoms with E-state index in [0.717, 1.165) is 45.1 Å². The van der Waals surface area contributed by atoms with E-state index in [4.69, 9.17) is 30.6 Å². The van der Waals surface area contributed by atoms with Crippen molar-refractivity contribution in [2.24, 2.45) is 0 Å². The molecule has 0 unspecified atom stereocenters. The molecule has 3 N–H and O–H groups in total. The van der Waals surface area contributed by atoms with E-state index in [-0.39, 0.29) is 0 Å². The highest BCUT2D eigenvalue weighted by Gasteiger charge is 2.21. The van der Waals surface area contributed by atoms with E-state index in [1.54, 1.807) is 29.8 Å². The second kappa shape index (κ2) is 9.62. The minimum Gasteiger partial charge on any atom is -0.398 e. The van der Waals surface area contributed by atoms with Crippen molar-refractivity contribution < 1.29 is 9.47 Å². The maximum absolute atomic E-state index is 7.83. The largest absolute Gasteiger partial charge is 0.398 e. The number of thiophene rings is 1. The number of benzene rings is 1. The van der Waals surface area contributed by atoms with Gasteiger partial charge in [0, 0.05) is 53.4 Å². The van der Waals surface area contributed by atoms with Crippen LogP contribution >= 0.6 is 11.3 Å². The Balaban J connectivity index is 1.51. The Morgan fingerprint density at radius 3 is 2.73 bits per heavy atom. The summed E-state index contributed by atoms with van der Waals surface area (Å²) in [6, 6.07) is 11.5. The summed E-state index contributed by atoms with van der Waals surface area (Å²) in [7, 11) is 0. The van der Waals surface area contributed by atoms with E-state index in [1.165, 1.54) is 6.21 Å². The maximum Gasteiger partial charge on any atom is 0.162 e. The molecule has 3 aromatic heterocycles. The number of nitrogens with one attached hydrogen (secondary N) is 1. The van der Waals surface area contributed by atoms with Gasteiger partial charge in [0.25, 0.3) is 0 Å². The summed E-state index contributed by atoms with van der Waals surface area (Å²) in [5.74, 6) is 1.46. The second-order valence-electron chi connectivity index (χ2n) is 7.70. The number of morpholine rings is 1. The lowest BCUT2D eigenvalue weighted by Crippen LogP contribution is -2.36. The molecule has 5 rings (SSSR count). The van der Waals surface area contributed by atoms with Crippen molar-refractivity contribution in [1.29, 1.82) is 5.41 Å². The highest BCUT2D eigenvalue weighted by Crippen LogP contribution is 2.36.